The Hall–Kier alpha value is -0.0600. The number of hydrogen-bond acceptors (Lipinski definition) is 4. The average molecular weight is 257 g/mol. The van der Waals surface area contributed by atoms with Gasteiger partial charge in [-0.3, -0.25) is 4.79 Å². The van der Waals surface area contributed by atoms with Crippen LogP contribution in [-0.4, -0.2) is 42.6 Å². The maximum atomic E-state index is 12.1. The molecule has 0 aromatic rings. The topological polar surface area (TPSA) is 38.3 Å². The molecule has 0 bridgehead atoms. The van der Waals surface area contributed by atoms with E-state index < -0.39 is 0 Å². The highest BCUT2D eigenvalue weighted by Crippen LogP contribution is 2.39. The van der Waals surface area contributed by atoms with Crippen LogP contribution in [0.2, 0.25) is 0 Å². The first-order valence-corrected chi connectivity index (χ1v) is 7.86. The maximum Gasteiger partial charge on any atom is 0.149 e. The van der Waals surface area contributed by atoms with Gasteiger partial charge in [-0.05, 0) is 43.7 Å². The van der Waals surface area contributed by atoms with E-state index in [1.165, 1.54) is 11.5 Å². The summed E-state index contributed by atoms with van der Waals surface area (Å²) in [6.07, 6.45) is 4.13. The van der Waals surface area contributed by atoms with Crippen molar-refractivity contribution in [3.05, 3.63) is 0 Å². The third kappa shape index (κ3) is 3.46. The third-order valence-electron chi connectivity index (χ3n) is 3.90. The lowest BCUT2D eigenvalue weighted by atomic mass is 9.80. The highest BCUT2D eigenvalue weighted by atomic mass is 32.2. The van der Waals surface area contributed by atoms with Crippen molar-refractivity contribution >= 4 is 17.5 Å². The van der Waals surface area contributed by atoms with Crippen LogP contribution in [-0.2, 0) is 9.53 Å². The molecule has 1 N–H and O–H groups in total. The van der Waals surface area contributed by atoms with Gasteiger partial charge in [-0.25, -0.2) is 0 Å². The Morgan fingerprint density at radius 1 is 1.47 bits per heavy atom. The van der Waals surface area contributed by atoms with Crippen molar-refractivity contribution in [2.45, 2.75) is 38.2 Å². The summed E-state index contributed by atoms with van der Waals surface area (Å²) in [4.78, 5) is 12.1. The summed E-state index contributed by atoms with van der Waals surface area (Å²) in [6.45, 7) is 4.22. The number of hydrogen-bond donors (Lipinski definition) is 1. The highest BCUT2D eigenvalue weighted by Gasteiger charge is 2.40. The maximum absolute atomic E-state index is 12.1. The van der Waals surface area contributed by atoms with Gasteiger partial charge in [-0.2, -0.15) is 11.8 Å². The first-order valence-electron chi connectivity index (χ1n) is 6.71. The summed E-state index contributed by atoms with van der Waals surface area (Å²) in [5, 5.41) is 3.14. The van der Waals surface area contributed by atoms with Crippen LogP contribution in [0.15, 0.2) is 0 Å². The predicted octanol–water partition coefficient (Wildman–Crippen LogP) is 1.86. The Morgan fingerprint density at radius 3 is 2.94 bits per heavy atom. The number of carbonyl (C=O) groups is 1. The summed E-state index contributed by atoms with van der Waals surface area (Å²) in [5.41, 5.74) is 0.0377. The van der Waals surface area contributed by atoms with E-state index in [9.17, 15) is 4.79 Å². The Labute approximate surface area is 108 Å². The monoisotopic (exact) mass is 257 g/mol. The summed E-state index contributed by atoms with van der Waals surface area (Å²) in [6, 6.07) is 0. The van der Waals surface area contributed by atoms with Gasteiger partial charge in [-0.1, -0.05) is 6.92 Å². The molecule has 0 amide bonds. The number of carbonyl (C=O) groups excluding carboxylic acids is 1. The number of nitrogens with one attached hydrogen (secondary N) is 1. The van der Waals surface area contributed by atoms with Crippen LogP contribution in [0.1, 0.15) is 32.6 Å². The molecule has 2 saturated heterocycles. The molecule has 1 unspecified atom stereocenters. The second-order valence-electron chi connectivity index (χ2n) is 5.08. The van der Waals surface area contributed by atoms with Crippen molar-refractivity contribution in [2.24, 2.45) is 5.92 Å². The molecule has 2 rings (SSSR count). The number of ketones is 1. The molecule has 3 nitrogen and oxygen atoms in total. The van der Waals surface area contributed by atoms with Gasteiger partial charge in [-0.15, -0.1) is 0 Å². The molecule has 2 aliphatic heterocycles. The van der Waals surface area contributed by atoms with E-state index in [1.807, 2.05) is 18.7 Å². The normalized spacial score (nSPS) is 28.2. The van der Waals surface area contributed by atoms with Crippen LogP contribution in [0.3, 0.4) is 0 Å². The minimum atomic E-state index is 0.0377. The summed E-state index contributed by atoms with van der Waals surface area (Å²) in [5.74, 6) is 2.99. The molecule has 0 aromatic heterocycles. The molecule has 2 aliphatic rings. The van der Waals surface area contributed by atoms with Crippen LogP contribution in [0.25, 0.3) is 0 Å². The molecular weight excluding hydrogens is 234 g/mol. The number of ether oxygens (including phenoxy) is 1. The van der Waals surface area contributed by atoms with Crippen molar-refractivity contribution in [1.29, 1.82) is 0 Å². The van der Waals surface area contributed by atoms with Gasteiger partial charge in [0.2, 0.25) is 0 Å². The second-order valence-corrected chi connectivity index (χ2v) is 6.30. The zero-order chi connectivity index (χ0) is 12.1. The molecule has 1 atom stereocenters. The largest absolute Gasteiger partial charge is 0.375 e. The minimum absolute atomic E-state index is 0.0377. The van der Waals surface area contributed by atoms with Crippen molar-refractivity contribution in [3.63, 3.8) is 0 Å². The van der Waals surface area contributed by atoms with Gasteiger partial charge in [0.1, 0.15) is 5.78 Å². The first kappa shape index (κ1) is 13.4. The van der Waals surface area contributed by atoms with E-state index in [0.717, 1.165) is 38.8 Å². The lowest BCUT2D eigenvalue weighted by molar-refractivity contribution is -0.137. The molecule has 4 heteroatoms. The summed E-state index contributed by atoms with van der Waals surface area (Å²) < 4.78 is 6.01. The average Bonchev–Trinajstić information content (AvgIpc) is 2.37. The fourth-order valence-corrected chi connectivity index (χ4v) is 4.02. The molecule has 98 valence electrons. The van der Waals surface area contributed by atoms with Gasteiger partial charge >= 0.3 is 0 Å². The molecular formula is C13H23NO2S. The number of likely N-dealkylation sites (N-methyl/N-ethyl adjacent to an activating group) is 1. The fourth-order valence-electron chi connectivity index (χ4n) is 2.79. The Morgan fingerprint density at radius 2 is 2.24 bits per heavy atom. The van der Waals surface area contributed by atoms with Gasteiger partial charge in [0.15, 0.2) is 0 Å². The quantitative estimate of drug-likeness (QED) is 0.834. The van der Waals surface area contributed by atoms with E-state index in [4.69, 9.17) is 4.74 Å². The van der Waals surface area contributed by atoms with Gasteiger partial charge in [0.05, 0.1) is 12.1 Å². The summed E-state index contributed by atoms with van der Waals surface area (Å²) >= 11 is 2.01. The fraction of sp³-hybridized carbons (Fsp3) is 0.923. The number of thioether (sulfide) groups is 1. The molecule has 17 heavy (non-hydrogen) atoms. The molecule has 0 aliphatic carbocycles. The van der Waals surface area contributed by atoms with E-state index in [-0.39, 0.29) is 11.5 Å². The number of rotatable bonds is 4. The smallest absolute Gasteiger partial charge is 0.149 e. The molecule has 2 heterocycles. The van der Waals surface area contributed by atoms with Gasteiger partial charge in [0.25, 0.3) is 0 Å². The van der Waals surface area contributed by atoms with E-state index in [1.54, 1.807) is 0 Å². The third-order valence-corrected chi connectivity index (χ3v) is 4.89. The van der Waals surface area contributed by atoms with Gasteiger partial charge < -0.3 is 10.1 Å². The summed E-state index contributed by atoms with van der Waals surface area (Å²) in [7, 11) is 0. The highest BCUT2D eigenvalue weighted by molar-refractivity contribution is 7.99. The zero-order valence-corrected chi connectivity index (χ0v) is 11.5. The molecule has 0 radical (unpaired) electrons. The Kier molecular flexibility index (Phi) is 4.88. The standard InChI is InChI=1S/C13H23NO2S/c1-2-14-10-12(15)11-3-6-16-13(9-11)4-7-17-8-5-13/h11,14H,2-10H2,1H3. The molecule has 1 spiro atoms. The van der Waals surface area contributed by atoms with E-state index >= 15 is 0 Å². The van der Waals surface area contributed by atoms with E-state index in [2.05, 4.69) is 5.32 Å². The zero-order valence-electron chi connectivity index (χ0n) is 10.7. The van der Waals surface area contributed by atoms with Crippen LogP contribution in [0, 0.1) is 5.92 Å². The number of Topliss-reactive ketones (excluding diaryl/α,β-unsaturated/α-hetero) is 1. The van der Waals surface area contributed by atoms with Gasteiger partial charge in [0, 0.05) is 12.5 Å². The van der Waals surface area contributed by atoms with Crippen molar-refractivity contribution < 1.29 is 9.53 Å². The van der Waals surface area contributed by atoms with Crippen molar-refractivity contribution in [3.8, 4) is 0 Å². The van der Waals surface area contributed by atoms with Crippen LogP contribution >= 0.6 is 11.8 Å². The van der Waals surface area contributed by atoms with Crippen molar-refractivity contribution in [2.75, 3.05) is 31.2 Å². The minimum Gasteiger partial charge on any atom is -0.375 e. The Balaban J connectivity index is 1.89. The predicted molar refractivity (Wildman–Crippen MR) is 71.5 cm³/mol. The second kappa shape index (κ2) is 6.21. The van der Waals surface area contributed by atoms with Crippen LogP contribution < -0.4 is 5.32 Å². The van der Waals surface area contributed by atoms with Crippen LogP contribution in [0.5, 0.6) is 0 Å². The molecule has 0 saturated carbocycles. The molecule has 2 fully saturated rings. The first-order chi connectivity index (χ1) is 8.26. The van der Waals surface area contributed by atoms with Crippen molar-refractivity contribution in [1.82, 2.24) is 5.32 Å². The lowest BCUT2D eigenvalue weighted by Gasteiger charge is -2.42. The lowest BCUT2D eigenvalue weighted by Crippen LogP contribution is -2.45. The molecule has 0 aromatic carbocycles. The van der Waals surface area contributed by atoms with Crippen LogP contribution in [0.4, 0.5) is 0 Å². The Bertz CT molecular complexity index is 259. The van der Waals surface area contributed by atoms with E-state index in [0.29, 0.717) is 12.3 Å². The SMILES string of the molecule is CCNCC(=O)C1CCOC2(CCSCC2)C1.